The Morgan fingerprint density at radius 3 is 2.76 bits per heavy atom. The van der Waals surface area contributed by atoms with Gasteiger partial charge >= 0.3 is 6.03 Å². The minimum absolute atomic E-state index is 0.168. The van der Waals surface area contributed by atoms with E-state index in [2.05, 4.69) is 20.8 Å². The third-order valence-electron chi connectivity index (χ3n) is 5.01. The fourth-order valence-electron chi connectivity index (χ4n) is 3.80. The zero-order chi connectivity index (χ0) is 17.2. The van der Waals surface area contributed by atoms with Crippen LogP contribution in [0, 0.1) is 12.8 Å². The normalized spacial score (nSPS) is 25.4. The number of hydrogen-bond donors (Lipinski definition) is 2. The Morgan fingerprint density at radius 2 is 2.00 bits per heavy atom. The highest BCUT2D eigenvalue weighted by molar-refractivity contribution is 5.89. The number of benzene rings is 1. The maximum Gasteiger partial charge on any atom is 0.319 e. The summed E-state index contributed by atoms with van der Waals surface area (Å²) in [6.45, 7) is 2.56. The lowest BCUT2D eigenvalue weighted by Gasteiger charge is -2.33. The summed E-state index contributed by atoms with van der Waals surface area (Å²) in [5, 5.41) is 13.8. The zero-order valence-electron chi connectivity index (χ0n) is 14.2. The molecular formula is C18H22N4O3. The number of nitrogens with one attached hydrogen (secondary N) is 2. The number of amides is 2. The molecule has 2 N–H and O–H groups in total. The Morgan fingerprint density at radius 1 is 1.16 bits per heavy atom. The highest BCUT2D eigenvalue weighted by atomic mass is 16.5. The molecule has 0 radical (unpaired) electrons. The molecule has 7 nitrogen and oxygen atoms in total. The molecule has 2 heterocycles. The Bertz CT molecular complexity index is 743. The molecule has 1 aromatic carbocycles. The number of carbonyl (C=O) groups excluding carboxylic acids is 1. The van der Waals surface area contributed by atoms with Crippen LogP contribution in [0.25, 0.3) is 11.5 Å². The Balaban J connectivity index is 1.36. The van der Waals surface area contributed by atoms with Gasteiger partial charge in [-0.15, -0.1) is 10.2 Å². The molecular weight excluding hydrogens is 320 g/mol. The number of anilines is 1. The minimum atomic E-state index is -0.168. The molecule has 0 spiro atoms. The van der Waals surface area contributed by atoms with Gasteiger partial charge in [0.05, 0.1) is 6.10 Å². The largest absolute Gasteiger partial charge is 0.421 e. The number of aromatic nitrogens is 2. The molecule has 132 valence electrons. The summed E-state index contributed by atoms with van der Waals surface area (Å²) in [6, 6.07) is 7.39. The van der Waals surface area contributed by atoms with Crippen LogP contribution in [0.4, 0.5) is 10.5 Å². The number of carbonyl (C=O) groups is 1. The molecule has 0 bridgehead atoms. The molecule has 1 aliphatic heterocycles. The maximum absolute atomic E-state index is 12.3. The van der Waals surface area contributed by atoms with Crippen molar-refractivity contribution in [3.05, 3.63) is 30.2 Å². The Kier molecular flexibility index (Phi) is 4.40. The van der Waals surface area contributed by atoms with E-state index in [9.17, 15) is 4.79 Å². The van der Waals surface area contributed by atoms with Crippen LogP contribution in [-0.2, 0) is 4.74 Å². The van der Waals surface area contributed by atoms with Crippen LogP contribution in [-0.4, -0.2) is 35.0 Å². The Hall–Kier alpha value is -2.41. The summed E-state index contributed by atoms with van der Waals surface area (Å²) in [4.78, 5) is 12.3. The van der Waals surface area contributed by atoms with Gasteiger partial charge in [0.25, 0.3) is 0 Å². The summed E-state index contributed by atoms with van der Waals surface area (Å²) >= 11 is 0. The van der Waals surface area contributed by atoms with Gasteiger partial charge in [-0.25, -0.2) is 4.79 Å². The summed E-state index contributed by atoms with van der Waals surface area (Å²) in [5.41, 5.74) is 1.55. The van der Waals surface area contributed by atoms with Crippen LogP contribution < -0.4 is 10.6 Å². The molecule has 1 saturated heterocycles. The molecule has 3 unspecified atom stereocenters. The van der Waals surface area contributed by atoms with Crippen LogP contribution in [0.2, 0.25) is 0 Å². The number of ether oxygens (including phenoxy) is 1. The van der Waals surface area contributed by atoms with E-state index in [0.717, 1.165) is 43.5 Å². The van der Waals surface area contributed by atoms with Crippen molar-refractivity contribution in [2.75, 3.05) is 11.9 Å². The van der Waals surface area contributed by atoms with Crippen LogP contribution in [0.1, 0.15) is 31.6 Å². The standard InChI is InChI=1S/C18H22N4O3/c1-11-21-22-17(25-11)12-5-7-13(8-6-12)19-18(23)20-15-3-2-4-16-14(15)9-10-24-16/h5-8,14-16H,2-4,9-10H2,1H3,(H2,19,20,23). The molecule has 1 aromatic heterocycles. The molecule has 4 rings (SSSR count). The van der Waals surface area contributed by atoms with Gasteiger partial charge in [-0.3, -0.25) is 0 Å². The molecule has 2 fully saturated rings. The van der Waals surface area contributed by atoms with E-state index in [1.54, 1.807) is 6.92 Å². The topological polar surface area (TPSA) is 89.3 Å². The predicted molar refractivity (Wildman–Crippen MR) is 92.1 cm³/mol. The third kappa shape index (κ3) is 3.51. The number of hydrogen-bond acceptors (Lipinski definition) is 5. The lowest BCUT2D eigenvalue weighted by atomic mass is 9.82. The minimum Gasteiger partial charge on any atom is -0.421 e. The predicted octanol–water partition coefficient (Wildman–Crippen LogP) is 3.12. The highest BCUT2D eigenvalue weighted by Gasteiger charge is 2.38. The molecule has 1 aliphatic carbocycles. The first-order valence-corrected chi connectivity index (χ1v) is 8.79. The van der Waals surface area contributed by atoms with Gasteiger partial charge in [-0.05, 0) is 49.9 Å². The maximum atomic E-state index is 12.3. The molecule has 1 saturated carbocycles. The van der Waals surface area contributed by atoms with E-state index in [4.69, 9.17) is 9.15 Å². The fourth-order valence-corrected chi connectivity index (χ4v) is 3.80. The van der Waals surface area contributed by atoms with E-state index in [1.165, 1.54) is 0 Å². The van der Waals surface area contributed by atoms with Crippen molar-refractivity contribution >= 4 is 11.7 Å². The molecule has 2 aromatic rings. The lowest BCUT2D eigenvalue weighted by molar-refractivity contribution is 0.0553. The van der Waals surface area contributed by atoms with Gasteiger partial charge in [-0.2, -0.15) is 0 Å². The van der Waals surface area contributed by atoms with Crippen molar-refractivity contribution in [3.63, 3.8) is 0 Å². The monoisotopic (exact) mass is 342 g/mol. The third-order valence-corrected chi connectivity index (χ3v) is 5.01. The van der Waals surface area contributed by atoms with E-state index >= 15 is 0 Å². The van der Waals surface area contributed by atoms with Gasteiger partial charge in [0, 0.05) is 36.7 Å². The lowest BCUT2D eigenvalue weighted by Crippen LogP contribution is -2.47. The van der Waals surface area contributed by atoms with E-state index in [0.29, 0.717) is 23.8 Å². The van der Waals surface area contributed by atoms with Gasteiger partial charge in [0.15, 0.2) is 0 Å². The number of nitrogens with zero attached hydrogens (tertiary/aromatic N) is 2. The van der Waals surface area contributed by atoms with Crippen LogP contribution in [0.15, 0.2) is 28.7 Å². The Labute approximate surface area is 146 Å². The van der Waals surface area contributed by atoms with Gasteiger partial charge in [-0.1, -0.05) is 0 Å². The van der Waals surface area contributed by atoms with Crippen molar-refractivity contribution in [3.8, 4) is 11.5 Å². The average molecular weight is 342 g/mol. The first kappa shape index (κ1) is 16.1. The van der Waals surface area contributed by atoms with Crippen molar-refractivity contribution in [1.29, 1.82) is 0 Å². The number of aryl methyl sites for hydroxylation is 1. The first-order chi connectivity index (χ1) is 12.2. The number of urea groups is 1. The van der Waals surface area contributed by atoms with Crippen molar-refractivity contribution < 1.29 is 13.9 Å². The summed E-state index contributed by atoms with van der Waals surface area (Å²) < 4.78 is 11.1. The second-order valence-corrected chi connectivity index (χ2v) is 6.70. The SMILES string of the molecule is Cc1nnc(-c2ccc(NC(=O)NC3CCCC4OCCC34)cc2)o1. The fraction of sp³-hybridized carbons (Fsp3) is 0.500. The van der Waals surface area contributed by atoms with E-state index in [1.807, 2.05) is 24.3 Å². The van der Waals surface area contributed by atoms with Gasteiger partial charge in [0.2, 0.25) is 11.8 Å². The van der Waals surface area contributed by atoms with Crippen molar-refractivity contribution in [2.45, 2.75) is 44.8 Å². The molecule has 2 aliphatic rings. The second kappa shape index (κ2) is 6.84. The van der Waals surface area contributed by atoms with Crippen molar-refractivity contribution in [2.24, 2.45) is 5.92 Å². The number of fused-ring (bicyclic) bond motifs is 1. The zero-order valence-corrected chi connectivity index (χ0v) is 14.2. The summed E-state index contributed by atoms with van der Waals surface area (Å²) in [6.07, 6.45) is 4.59. The molecule has 3 atom stereocenters. The van der Waals surface area contributed by atoms with Crippen LogP contribution >= 0.6 is 0 Å². The molecule has 25 heavy (non-hydrogen) atoms. The van der Waals surface area contributed by atoms with Crippen molar-refractivity contribution in [1.82, 2.24) is 15.5 Å². The quantitative estimate of drug-likeness (QED) is 0.894. The van der Waals surface area contributed by atoms with Gasteiger partial charge in [0.1, 0.15) is 0 Å². The van der Waals surface area contributed by atoms with E-state index < -0.39 is 0 Å². The highest BCUT2D eigenvalue weighted by Crippen LogP contribution is 2.34. The number of rotatable bonds is 3. The van der Waals surface area contributed by atoms with Crippen LogP contribution in [0.3, 0.4) is 0 Å². The van der Waals surface area contributed by atoms with E-state index in [-0.39, 0.29) is 12.1 Å². The first-order valence-electron chi connectivity index (χ1n) is 8.79. The average Bonchev–Trinajstić information content (AvgIpc) is 3.25. The summed E-state index contributed by atoms with van der Waals surface area (Å²) in [7, 11) is 0. The summed E-state index contributed by atoms with van der Waals surface area (Å²) in [5.74, 6) is 1.45. The molecule has 7 heteroatoms. The smallest absolute Gasteiger partial charge is 0.319 e. The van der Waals surface area contributed by atoms with Gasteiger partial charge < -0.3 is 19.8 Å². The second-order valence-electron chi connectivity index (χ2n) is 6.70. The van der Waals surface area contributed by atoms with Crippen LogP contribution in [0.5, 0.6) is 0 Å². The molecule has 2 amide bonds.